The smallest absolute Gasteiger partial charge is 0.246 e. The Morgan fingerprint density at radius 3 is 2.52 bits per heavy atom. The molecule has 4 nitrogen and oxygen atoms in total. The Hall–Kier alpha value is -2.34. The minimum atomic E-state index is -0.496. The van der Waals surface area contributed by atoms with Gasteiger partial charge in [-0.15, -0.1) is 11.3 Å². The molecule has 6 heteroatoms. The predicted molar refractivity (Wildman–Crippen MR) is 112 cm³/mol. The van der Waals surface area contributed by atoms with Crippen LogP contribution in [0.15, 0.2) is 66.0 Å². The number of nitrogens with one attached hydrogen (secondary N) is 2. The molecule has 0 saturated carbocycles. The van der Waals surface area contributed by atoms with Crippen LogP contribution in [0.1, 0.15) is 29.4 Å². The zero-order valence-corrected chi connectivity index (χ0v) is 16.7. The highest BCUT2D eigenvalue weighted by Crippen LogP contribution is 2.28. The average Bonchev–Trinajstić information content (AvgIpc) is 3.21. The summed E-state index contributed by atoms with van der Waals surface area (Å²) in [5, 5.41) is 8.86. The number of carbonyl (C=O) groups is 1. The number of benzene rings is 2. The number of carbonyl (C=O) groups excluding carboxylic acids is 1. The van der Waals surface area contributed by atoms with Gasteiger partial charge in [0.2, 0.25) is 5.91 Å². The van der Waals surface area contributed by atoms with Crippen molar-refractivity contribution in [3.05, 3.63) is 81.5 Å². The van der Waals surface area contributed by atoms with Crippen LogP contribution in [-0.2, 0) is 4.79 Å². The Morgan fingerprint density at radius 1 is 1.11 bits per heavy atom. The quantitative estimate of drug-likeness (QED) is 0.555. The second-order valence-corrected chi connectivity index (χ2v) is 7.47. The molecule has 27 heavy (non-hydrogen) atoms. The van der Waals surface area contributed by atoms with E-state index in [4.69, 9.17) is 16.3 Å². The van der Waals surface area contributed by atoms with Crippen molar-refractivity contribution in [3.63, 3.8) is 0 Å². The lowest BCUT2D eigenvalue weighted by atomic mass is 10.0. The molecular formula is C21H21ClN2O2S. The van der Waals surface area contributed by atoms with Gasteiger partial charge in [-0.05, 0) is 42.1 Å². The zero-order chi connectivity index (χ0) is 19.2. The van der Waals surface area contributed by atoms with Gasteiger partial charge in [-0.1, -0.05) is 48.0 Å². The van der Waals surface area contributed by atoms with E-state index in [1.165, 1.54) is 4.88 Å². The van der Waals surface area contributed by atoms with Crippen molar-refractivity contribution in [3.8, 4) is 5.75 Å². The first-order valence-corrected chi connectivity index (χ1v) is 9.83. The largest absolute Gasteiger partial charge is 0.495 e. The number of amides is 1. The third-order valence-electron chi connectivity index (χ3n) is 4.20. The molecule has 0 bridgehead atoms. The second kappa shape index (κ2) is 9.04. The van der Waals surface area contributed by atoms with Gasteiger partial charge >= 0.3 is 0 Å². The Labute approximate surface area is 168 Å². The van der Waals surface area contributed by atoms with Crippen LogP contribution < -0.4 is 15.4 Å². The molecule has 0 spiro atoms. The molecule has 3 rings (SSSR count). The molecule has 0 aliphatic carbocycles. The molecule has 2 N–H and O–H groups in total. The topological polar surface area (TPSA) is 50.4 Å². The highest BCUT2D eigenvalue weighted by Gasteiger charge is 2.23. The van der Waals surface area contributed by atoms with Crippen molar-refractivity contribution in [1.29, 1.82) is 0 Å². The maximum absolute atomic E-state index is 13.0. The molecule has 0 aliphatic rings. The molecule has 0 saturated heterocycles. The van der Waals surface area contributed by atoms with Crippen LogP contribution in [-0.4, -0.2) is 13.0 Å². The van der Waals surface area contributed by atoms with Gasteiger partial charge in [-0.2, -0.15) is 0 Å². The minimum absolute atomic E-state index is 0.0420. The summed E-state index contributed by atoms with van der Waals surface area (Å²) in [6.45, 7) is 2.05. The standard InChI is InChI=1S/C21H21ClN2O2S/c1-14(19-9-6-12-27-19)23-20(15-7-4-3-5-8-15)21(25)24-16-10-11-18(26-2)17(22)13-16/h3-14,20,23H,1-2H3,(H,24,25)/t14-,20+/m1/s1. The lowest BCUT2D eigenvalue weighted by molar-refractivity contribution is -0.118. The summed E-state index contributed by atoms with van der Waals surface area (Å²) in [6, 6.07) is 18.5. The zero-order valence-electron chi connectivity index (χ0n) is 15.1. The summed E-state index contributed by atoms with van der Waals surface area (Å²) in [6.07, 6.45) is 0. The molecule has 0 fully saturated rings. The van der Waals surface area contributed by atoms with E-state index < -0.39 is 6.04 Å². The van der Waals surface area contributed by atoms with Gasteiger partial charge in [0, 0.05) is 16.6 Å². The molecule has 140 valence electrons. The second-order valence-electron chi connectivity index (χ2n) is 6.09. The van der Waals surface area contributed by atoms with Crippen molar-refractivity contribution in [1.82, 2.24) is 5.32 Å². The SMILES string of the molecule is COc1ccc(NC(=O)[C@@H](N[C@H](C)c2cccs2)c2ccccc2)cc1Cl. The highest BCUT2D eigenvalue weighted by atomic mass is 35.5. The Balaban J connectivity index is 1.81. The lowest BCUT2D eigenvalue weighted by Gasteiger charge is -2.23. The van der Waals surface area contributed by atoms with Gasteiger partial charge in [0.1, 0.15) is 11.8 Å². The van der Waals surface area contributed by atoms with Crippen molar-refractivity contribution < 1.29 is 9.53 Å². The summed E-state index contributed by atoms with van der Waals surface area (Å²) in [5.74, 6) is 0.421. The average molecular weight is 401 g/mol. The van der Waals surface area contributed by atoms with Crippen molar-refractivity contribution in [2.45, 2.75) is 19.0 Å². The molecule has 1 amide bonds. The van der Waals surface area contributed by atoms with Gasteiger partial charge in [0.25, 0.3) is 0 Å². The van der Waals surface area contributed by atoms with Crippen LogP contribution in [0.5, 0.6) is 5.75 Å². The number of rotatable bonds is 7. The Kier molecular flexibility index (Phi) is 6.50. The number of halogens is 1. The fraction of sp³-hybridized carbons (Fsp3) is 0.190. The third-order valence-corrected chi connectivity index (χ3v) is 5.55. The van der Waals surface area contributed by atoms with E-state index in [0.29, 0.717) is 16.5 Å². The summed E-state index contributed by atoms with van der Waals surface area (Å²) in [7, 11) is 1.56. The highest BCUT2D eigenvalue weighted by molar-refractivity contribution is 7.10. The van der Waals surface area contributed by atoms with Gasteiger partial charge < -0.3 is 10.1 Å². The number of thiophene rings is 1. The number of ether oxygens (including phenoxy) is 1. The van der Waals surface area contributed by atoms with Crippen molar-refractivity contribution >= 4 is 34.5 Å². The molecule has 0 radical (unpaired) electrons. The molecule has 0 unspecified atom stereocenters. The first kappa shape index (κ1) is 19.4. The van der Waals surface area contributed by atoms with E-state index in [1.54, 1.807) is 36.6 Å². The van der Waals surface area contributed by atoms with Crippen LogP contribution in [0.4, 0.5) is 5.69 Å². The van der Waals surface area contributed by atoms with Gasteiger partial charge in [0.05, 0.1) is 12.1 Å². The molecule has 1 heterocycles. The molecule has 0 aliphatic heterocycles. The van der Waals surface area contributed by atoms with E-state index in [2.05, 4.69) is 23.6 Å². The minimum Gasteiger partial charge on any atom is -0.495 e. The molecule has 2 atom stereocenters. The maximum atomic E-state index is 13.0. The van der Waals surface area contributed by atoms with Gasteiger partial charge in [-0.25, -0.2) is 0 Å². The first-order valence-electron chi connectivity index (χ1n) is 8.57. The molecule has 2 aromatic carbocycles. The fourth-order valence-corrected chi connectivity index (χ4v) is 3.80. The Bertz CT molecular complexity index is 884. The van der Waals surface area contributed by atoms with E-state index in [0.717, 1.165) is 5.56 Å². The predicted octanol–water partition coefficient (Wildman–Crippen LogP) is 5.44. The molecule has 1 aromatic heterocycles. The molecule has 3 aromatic rings. The summed E-state index contributed by atoms with van der Waals surface area (Å²) < 4.78 is 5.16. The van der Waals surface area contributed by atoms with Crippen molar-refractivity contribution in [2.75, 3.05) is 12.4 Å². The van der Waals surface area contributed by atoms with Crippen LogP contribution >= 0.6 is 22.9 Å². The summed E-state index contributed by atoms with van der Waals surface area (Å²) in [4.78, 5) is 14.2. The van der Waals surface area contributed by atoms with Gasteiger partial charge in [0.15, 0.2) is 0 Å². The number of anilines is 1. The van der Waals surface area contributed by atoms with Gasteiger partial charge in [-0.3, -0.25) is 10.1 Å². The fourth-order valence-electron chi connectivity index (χ4n) is 2.80. The summed E-state index contributed by atoms with van der Waals surface area (Å²) in [5.41, 5.74) is 1.52. The van der Waals surface area contributed by atoms with E-state index in [9.17, 15) is 4.79 Å². The summed E-state index contributed by atoms with van der Waals surface area (Å²) >= 11 is 7.84. The number of hydrogen-bond acceptors (Lipinski definition) is 4. The van der Waals surface area contributed by atoms with Crippen LogP contribution in [0.25, 0.3) is 0 Å². The van der Waals surface area contributed by atoms with Crippen molar-refractivity contribution in [2.24, 2.45) is 0 Å². The maximum Gasteiger partial charge on any atom is 0.246 e. The van der Waals surface area contributed by atoms with E-state index in [1.807, 2.05) is 41.8 Å². The monoisotopic (exact) mass is 400 g/mol. The van der Waals surface area contributed by atoms with Crippen LogP contribution in [0.3, 0.4) is 0 Å². The number of methoxy groups -OCH3 is 1. The lowest BCUT2D eigenvalue weighted by Crippen LogP contribution is -2.34. The van der Waals surface area contributed by atoms with E-state index in [-0.39, 0.29) is 11.9 Å². The Morgan fingerprint density at radius 2 is 1.89 bits per heavy atom. The third kappa shape index (κ3) is 4.89. The van der Waals surface area contributed by atoms with Crippen LogP contribution in [0.2, 0.25) is 5.02 Å². The first-order chi connectivity index (χ1) is 13.1. The molecular weight excluding hydrogens is 380 g/mol. The number of hydrogen-bond donors (Lipinski definition) is 2. The van der Waals surface area contributed by atoms with E-state index >= 15 is 0 Å². The normalized spacial score (nSPS) is 13.0. The van der Waals surface area contributed by atoms with Crippen LogP contribution in [0, 0.1) is 0 Å².